The van der Waals surface area contributed by atoms with Crippen molar-refractivity contribution in [3.63, 3.8) is 0 Å². The molecule has 0 bridgehead atoms. The number of aromatic nitrogens is 4. The molecule has 0 N–H and O–H groups in total. The summed E-state index contributed by atoms with van der Waals surface area (Å²) >= 11 is 0. The van der Waals surface area contributed by atoms with Gasteiger partial charge in [0.05, 0.1) is 5.69 Å². The lowest BCUT2D eigenvalue weighted by Crippen LogP contribution is -2.47. The third-order valence-electron chi connectivity index (χ3n) is 6.48. The minimum Gasteiger partial charge on any atom is -0.356 e. The zero-order valence-corrected chi connectivity index (χ0v) is 17.5. The van der Waals surface area contributed by atoms with E-state index in [1.165, 1.54) is 43.4 Å². The molecule has 5 rings (SSSR count). The largest absolute Gasteiger partial charge is 0.356 e. The molecule has 0 saturated carbocycles. The molecule has 154 valence electrons. The van der Waals surface area contributed by atoms with Gasteiger partial charge in [-0.05, 0) is 63.5 Å². The summed E-state index contributed by atoms with van der Waals surface area (Å²) < 4.78 is 0. The fourth-order valence-electron chi connectivity index (χ4n) is 4.78. The Labute approximate surface area is 173 Å². The summed E-state index contributed by atoms with van der Waals surface area (Å²) in [4.78, 5) is 16.6. The number of anilines is 3. The monoisotopic (exact) mass is 393 g/mol. The fraction of sp³-hybridized carbons (Fsp3) is 0.636. The van der Waals surface area contributed by atoms with E-state index in [4.69, 9.17) is 9.97 Å². The van der Waals surface area contributed by atoms with Gasteiger partial charge in [0.25, 0.3) is 0 Å². The molecule has 2 aromatic heterocycles. The lowest BCUT2D eigenvalue weighted by atomic mass is 9.97. The molecule has 29 heavy (non-hydrogen) atoms. The molecule has 0 unspecified atom stereocenters. The molecular weight excluding hydrogens is 362 g/mol. The van der Waals surface area contributed by atoms with Gasteiger partial charge < -0.3 is 14.7 Å². The number of aryl methyl sites for hydroxylation is 3. The van der Waals surface area contributed by atoms with Crippen molar-refractivity contribution in [1.82, 2.24) is 20.2 Å². The molecule has 1 aliphatic carbocycles. The van der Waals surface area contributed by atoms with Gasteiger partial charge in [-0.2, -0.15) is 5.10 Å². The molecule has 3 aliphatic rings. The Bertz CT molecular complexity index is 854. The molecule has 2 aromatic rings. The first-order valence-electron chi connectivity index (χ1n) is 11.2. The predicted molar refractivity (Wildman–Crippen MR) is 116 cm³/mol. The van der Waals surface area contributed by atoms with Gasteiger partial charge in [-0.15, -0.1) is 5.10 Å². The number of piperidine rings is 1. The summed E-state index contributed by atoms with van der Waals surface area (Å²) in [5.74, 6) is 4.06. The van der Waals surface area contributed by atoms with Crippen LogP contribution < -0.4 is 14.7 Å². The van der Waals surface area contributed by atoms with Gasteiger partial charge in [-0.1, -0.05) is 0 Å². The Balaban J connectivity index is 1.27. The fourth-order valence-corrected chi connectivity index (χ4v) is 4.78. The van der Waals surface area contributed by atoms with Crippen LogP contribution in [0.2, 0.25) is 0 Å². The molecule has 7 heteroatoms. The highest BCUT2D eigenvalue weighted by atomic mass is 15.3. The third kappa shape index (κ3) is 4.00. The van der Waals surface area contributed by atoms with Crippen LogP contribution in [0.5, 0.6) is 0 Å². The smallest absolute Gasteiger partial charge is 0.151 e. The van der Waals surface area contributed by atoms with Crippen LogP contribution in [0.25, 0.3) is 0 Å². The van der Waals surface area contributed by atoms with Crippen LogP contribution in [0.1, 0.15) is 49.2 Å². The van der Waals surface area contributed by atoms with Gasteiger partial charge in [0.15, 0.2) is 5.82 Å². The van der Waals surface area contributed by atoms with Crippen molar-refractivity contribution in [3.8, 4) is 0 Å². The quantitative estimate of drug-likeness (QED) is 0.794. The summed E-state index contributed by atoms with van der Waals surface area (Å²) in [6.45, 7) is 8.05. The van der Waals surface area contributed by atoms with Crippen LogP contribution in [0.4, 0.5) is 17.5 Å². The summed E-state index contributed by atoms with van der Waals surface area (Å²) in [6.07, 6.45) is 8.62. The van der Waals surface area contributed by atoms with E-state index in [-0.39, 0.29) is 0 Å². The summed E-state index contributed by atoms with van der Waals surface area (Å²) in [5.41, 5.74) is 2.61. The first-order chi connectivity index (χ1) is 14.3. The van der Waals surface area contributed by atoms with E-state index in [1.807, 2.05) is 6.92 Å². The van der Waals surface area contributed by atoms with E-state index < -0.39 is 0 Å². The molecule has 2 aliphatic heterocycles. The Kier molecular flexibility index (Phi) is 5.21. The Hall–Kier alpha value is -2.44. The van der Waals surface area contributed by atoms with Crippen molar-refractivity contribution in [2.75, 3.05) is 54.0 Å². The second-order valence-corrected chi connectivity index (χ2v) is 8.53. The number of hydrogen-bond acceptors (Lipinski definition) is 7. The maximum atomic E-state index is 4.75. The third-order valence-corrected chi connectivity index (χ3v) is 6.48. The lowest BCUT2D eigenvalue weighted by Gasteiger charge is -2.36. The number of hydrogen-bond donors (Lipinski definition) is 0. The molecular formula is C22H31N7. The van der Waals surface area contributed by atoms with Crippen molar-refractivity contribution in [2.24, 2.45) is 0 Å². The van der Waals surface area contributed by atoms with Crippen LogP contribution in [-0.2, 0) is 12.8 Å². The molecule has 0 atom stereocenters. The number of nitrogens with zero attached hydrogens (tertiary/aromatic N) is 7. The van der Waals surface area contributed by atoms with Gasteiger partial charge in [0, 0.05) is 45.3 Å². The molecule has 7 nitrogen and oxygen atoms in total. The topological polar surface area (TPSA) is 61.3 Å². The first kappa shape index (κ1) is 18.6. The van der Waals surface area contributed by atoms with Gasteiger partial charge in [-0.3, -0.25) is 0 Å². The van der Waals surface area contributed by atoms with E-state index in [0.717, 1.165) is 75.4 Å². The summed E-state index contributed by atoms with van der Waals surface area (Å²) in [7, 11) is 0. The standard InChI is InChI=1S/C22H31N7/c1-17-23-20(27-9-5-2-6-10-27)16-21(24-17)28-11-13-29(14-12-28)22-15-18-7-3-4-8-19(18)25-26-22/h15-16H,2-14H2,1H3. The molecule has 4 heterocycles. The Morgan fingerprint density at radius 3 is 1.97 bits per heavy atom. The van der Waals surface area contributed by atoms with Gasteiger partial charge in [0.2, 0.25) is 0 Å². The molecule has 2 fully saturated rings. The first-order valence-corrected chi connectivity index (χ1v) is 11.2. The molecule has 0 radical (unpaired) electrons. The average molecular weight is 394 g/mol. The van der Waals surface area contributed by atoms with Crippen LogP contribution in [0.3, 0.4) is 0 Å². The normalized spacial score (nSPS) is 20.0. The maximum Gasteiger partial charge on any atom is 0.151 e. The van der Waals surface area contributed by atoms with E-state index in [0.29, 0.717) is 0 Å². The highest BCUT2D eigenvalue weighted by Gasteiger charge is 2.23. The molecule has 0 spiro atoms. The zero-order valence-electron chi connectivity index (χ0n) is 17.5. The van der Waals surface area contributed by atoms with E-state index >= 15 is 0 Å². The molecule has 0 amide bonds. The van der Waals surface area contributed by atoms with Crippen molar-refractivity contribution in [1.29, 1.82) is 0 Å². The Morgan fingerprint density at radius 1 is 0.621 bits per heavy atom. The average Bonchev–Trinajstić information content (AvgIpc) is 2.79. The van der Waals surface area contributed by atoms with Crippen LogP contribution in [0.15, 0.2) is 12.1 Å². The van der Waals surface area contributed by atoms with Gasteiger partial charge in [0.1, 0.15) is 17.5 Å². The second kappa shape index (κ2) is 8.13. The summed E-state index contributed by atoms with van der Waals surface area (Å²) in [6, 6.07) is 4.47. The van der Waals surface area contributed by atoms with Gasteiger partial charge >= 0.3 is 0 Å². The van der Waals surface area contributed by atoms with Crippen molar-refractivity contribution < 1.29 is 0 Å². The minimum atomic E-state index is 0.867. The predicted octanol–water partition coefficient (Wildman–Crippen LogP) is 2.77. The highest BCUT2D eigenvalue weighted by molar-refractivity contribution is 5.53. The SMILES string of the molecule is Cc1nc(N2CCCCC2)cc(N2CCN(c3cc4c(nn3)CCCC4)CC2)n1. The zero-order chi connectivity index (χ0) is 19.6. The number of rotatable bonds is 3. The number of fused-ring (bicyclic) bond motifs is 1. The van der Waals surface area contributed by atoms with Crippen molar-refractivity contribution in [2.45, 2.75) is 51.9 Å². The molecule has 0 aromatic carbocycles. The van der Waals surface area contributed by atoms with Gasteiger partial charge in [-0.25, -0.2) is 9.97 Å². The second-order valence-electron chi connectivity index (χ2n) is 8.53. The Morgan fingerprint density at radius 2 is 1.24 bits per heavy atom. The van der Waals surface area contributed by atoms with Crippen LogP contribution in [0, 0.1) is 6.92 Å². The lowest BCUT2D eigenvalue weighted by molar-refractivity contribution is 0.571. The van der Waals surface area contributed by atoms with E-state index in [2.05, 4.69) is 37.0 Å². The van der Waals surface area contributed by atoms with Crippen molar-refractivity contribution >= 4 is 17.5 Å². The van der Waals surface area contributed by atoms with E-state index in [1.54, 1.807) is 0 Å². The van der Waals surface area contributed by atoms with Crippen molar-refractivity contribution in [3.05, 3.63) is 29.2 Å². The van der Waals surface area contributed by atoms with E-state index in [9.17, 15) is 0 Å². The molecule has 2 saturated heterocycles. The number of piperazine rings is 1. The van der Waals surface area contributed by atoms with Crippen LogP contribution >= 0.6 is 0 Å². The van der Waals surface area contributed by atoms with Crippen LogP contribution in [-0.4, -0.2) is 59.4 Å². The maximum absolute atomic E-state index is 4.75. The highest BCUT2D eigenvalue weighted by Crippen LogP contribution is 2.26. The summed E-state index contributed by atoms with van der Waals surface area (Å²) in [5, 5.41) is 9.04. The minimum absolute atomic E-state index is 0.867.